The molecule has 0 saturated heterocycles. The Kier molecular flexibility index (Phi) is 5.49. The van der Waals surface area contributed by atoms with E-state index in [9.17, 15) is 9.59 Å². The fourth-order valence-corrected chi connectivity index (χ4v) is 5.89. The van der Waals surface area contributed by atoms with Crippen LogP contribution in [0.5, 0.6) is 11.5 Å². The van der Waals surface area contributed by atoms with E-state index in [4.69, 9.17) is 14.5 Å². The average Bonchev–Trinajstić information content (AvgIpc) is 3.32. The van der Waals surface area contributed by atoms with Gasteiger partial charge in [-0.25, -0.2) is 0 Å². The molecule has 2 amide bonds. The zero-order valence-electron chi connectivity index (χ0n) is 22.6. The molecular formula is C32H32N2O4. The standard InChI is InChI=1S/C32H32N2O4/c1-6-37-25-15-21-16-31(2,3)33-27(26(21)24-17-32(4,5)38-28(24)25)20-12-13-22-23(14-20)30(36)34(29(22)35)18-19-10-8-7-9-11-19/h7-15H,6,16-18H2,1-5H3. The monoisotopic (exact) mass is 508 g/mol. The van der Waals surface area contributed by atoms with Gasteiger partial charge in [0.25, 0.3) is 11.8 Å². The quantitative estimate of drug-likeness (QED) is 0.411. The van der Waals surface area contributed by atoms with Crippen molar-refractivity contribution in [2.75, 3.05) is 6.61 Å². The maximum atomic E-state index is 13.4. The Morgan fingerprint density at radius 1 is 0.947 bits per heavy atom. The largest absolute Gasteiger partial charge is 0.490 e. The van der Waals surface area contributed by atoms with Gasteiger partial charge >= 0.3 is 0 Å². The third-order valence-corrected chi connectivity index (χ3v) is 7.41. The molecule has 0 atom stereocenters. The normalized spacial score (nSPS) is 18.4. The SMILES string of the molecule is CCOc1cc2c(c3c1OC(C)(C)C3)C(c1ccc3c(c1)C(=O)N(Cc1ccccc1)C3=O)=NC(C)(C)C2. The molecule has 38 heavy (non-hydrogen) atoms. The third-order valence-electron chi connectivity index (χ3n) is 7.41. The summed E-state index contributed by atoms with van der Waals surface area (Å²) in [6.45, 7) is 11.2. The first-order valence-electron chi connectivity index (χ1n) is 13.2. The molecule has 0 spiro atoms. The van der Waals surface area contributed by atoms with Crippen LogP contribution in [0.2, 0.25) is 0 Å². The van der Waals surface area contributed by atoms with Gasteiger partial charge < -0.3 is 9.47 Å². The highest BCUT2D eigenvalue weighted by molar-refractivity contribution is 6.23. The molecule has 0 N–H and O–H groups in total. The first-order chi connectivity index (χ1) is 18.1. The number of hydrogen-bond acceptors (Lipinski definition) is 5. The molecule has 0 aliphatic carbocycles. The Morgan fingerprint density at radius 3 is 2.42 bits per heavy atom. The van der Waals surface area contributed by atoms with E-state index in [2.05, 4.69) is 33.8 Å². The van der Waals surface area contributed by atoms with Crippen LogP contribution in [0.15, 0.2) is 59.6 Å². The molecule has 0 saturated carbocycles. The molecular weight excluding hydrogens is 476 g/mol. The van der Waals surface area contributed by atoms with Crippen LogP contribution in [0.25, 0.3) is 0 Å². The molecule has 0 aromatic heterocycles. The number of carbonyl (C=O) groups excluding carboxylic acids is 2. The number of benzene rings is 3. The lowest BCUT2D eigenvalue weighted by atomic mass is 9.80. The van der Waals surface area contributed by atoms with E-state index >= 15 is 0 Å². The van der Waals surface area contributed by atoms with Crippen LogP contribution in [-0.4, -0.2) is 40.2 Å². The number of ether oxygens (including phenoxy) is 2. The molecule has 0 bridgehead atoms. The van der Waals surface area contributed by atoms with Crippen LogP contribution in [0.1, 0.15) is 83.2 Å². The van der Waals surface area contributed by atoms with Crippen molar-refractivity contribution in [1.82, 2.24) is 4.90 Å². The minimum atomic E-state index is -0.361. The Hall–Kier alpha value is -3.93. The number of carbonyl (C=O) groups is 2. The highest BCUT2D eigenvalue weighted by atomic mass is 16.5. The van der Waals surface area contributed by atoms with E-state index in [0.717, 1.165) is 57.9 Å². The topological polar surface area (TPSA) is 68.2 Å². The Labute approximate surface area is 223 Å². The molecule has 194 valence electrons. The van der Waals surface area contributed by atoms with Crippen LogP contribution >= 0.6 is 0 Å². The van der Waals surface area contributed by atoms with Crippen molar-refractivity contribution < 1.29 is 19.1 Å². The number of aliphatic imine (C=N–C) groups is 1. The summed E-state index contributed by atoms with van der Waals surface area (Å²) >= 11 is 0. The first kappa shape index (κ1) is 24.4. The number of nitrogens with zero attached hydrogens (tertiary/aromatic N) is 2. The predicted molar refractivity (Wildman–Crippen MR) is 147 cm³/mol. The summed E-state index contributed by atoms with van der Waals surface area (Å²) in [5.74, 6) is 1.02. The lowest BCUT2D eigenvalue weighted by molar-refractivity contribution is 0.0642. The van der Waals surface area contributed by atoms with Gasteiger partial charge in [-0.1, -0.05) is 36.4 Å². The van der Waals surface area contributed by atoms with E-state index in [-0.39, 0.29) is 29.5 Å². The van der Waals surface area contributed by atoms with Gasteiger partial charge in [0.05, 0.1) is 35.5 Å². The molecule has 3 aromatic rings. The molecule has 3 aliphatic rings. The minimum absolute atomic E-state index is 0.249. The summed E-state index contributed by atoms with van der Waals surface area (Å²) < 4.78 is 12.4. The van der Waals surface area contributed by atoms with Gasteiger partial charge in [-0.15, -0.1) is 0 Å². The molecule has 6 nitrogen and oxygen atoms in total. The first-order valence-corrected chi connectivity index (χ1v) is 13.2. The molecule has 0 fully saturated rings. The van der Waals surface area contributed by atoms with E-state index < -0.39 is 0 Å². The van der Waals surface area contributed by atoms with Gasteiger partial charge in [0.15, 0.2) is 11.5 Å². The van der Waals surface area contributed by atoms with E-state index in [1.165, 1.54) is 4.90 Å². The van der Waals surface area contributed by atoms with Crippen LogP contribution in [0.3, 0.4) is 0 Å². The maximum absolute atomic E-state index is 13.4. The summed E-state index contributed by atoms with van der Waals surface area (Å²) in [7, 11) is 0. The van der Waals surface area contributed by atoms with Crippen molar-refractivity contribution in [2.45, 2.75) is 65.1 Å². The average molecular weight is 509 g/mol. The molecule has 6 rings (SSSR count). The zero-order chi connectivity index (χ0) is 26.8. The lowest BCUT2D eigenvalue weighted by Gasteiger charge is -2.31. The number of imide groups is 1. The summed E-state index contributed by atoms with van der Waals surface area (Å²) in [4.78, 5) is 33.1. The molecule has 6 heteroatoms. The van der Waals surface area contributed by atoms with Gasteiger partial charge in [-0.05, 0) is 70.4 Å². The molecule has 0 radical (unpaired) electrons. The van der Waals surface area contributed by atoms with Crippen LogP contribution in [0, 0.1) is 0 Å². The van der Waals surface area contributed by atoms with Gasteiger partial charge in [-0.2, -0.15) is 0 Å². The summed E-state index contributed by atoms with van der Waals surface area (Å²) in [5.41, 5.74) is 6.06. The number of hydrogen-bond donors (Lipinski definition) is 0. The van der Waals surface area contributed by atoms with Gasteiger partial charge in [0.2, 0.25) is 0 Å². The second-order valence-corrected chi connectivity index (χ2v) is 11.6. The Balaban J connectivity index is 1.45. The van der Waals surface area contributed by atoms with Crippen molar-refractivity contribution in [3.63, 3.8) is 0 Å². The Bertz CT molecular complexity index is 1520. The predicted octanol–water partition coefficient (Wildman–Crippen LogP) is 5.77. The fourth-order valence-electron chi connectivity index (χ4n) is 5.89. The van der Waals surface area contributed by atoms with Crippen LogP contribution in [0.4, 0.5) is 0 Å². The van der Waals surface area contributed by atoms with Crippen LogP contribution < -0.4 is 9.47 Å². The molecule has 0 unspecified atom stereocenters. The molecule has 3 aliphatic heterocycles. The van der Waals surface area contributed by atoms with Crippen molar-refractivity contribution in [2.24, 2.45) is 4.99 Å². The highest BCUT2D eigenvalue weighted by Gasteiger charge is 2.41. The van der Waals surface area contributed by atoms with Crippen molar-refractivity contribution in [3.8, 4) is 11.5 Å². The smallest absolute Gasteiger partial charge is 0.261 e. The number of rotatable bonds is 5. The summed E-state index contributed by atoms with van der Waals surface area (Å²) in [6, 6.07) is 17.2. The second kappa shape index (κ2) is 8.55. The lowest BCUT2D eigenvalue weighted by Crippen LogP contribution is -2.31. The Morgan fingerprint density at radius 2 is 1.68 bits per heavy atom. The maximum Gasteiger partial charge on any atom is 0.261 e. The van der Waals surface area contributed by atoms with E-state index in [1.807, 2.05) is 49.4 Å². The second-order valence-electron chi connectivity index (χ2n) is 11.6. The van der Waals surface area contributed by atoms with Gasteiger partial charge in [-0.3, -0.25) is 19.5 Å². The zero-order valence-corrected chi connectivity index (χ0v) is 22.6. The third kappa shape index (κ3) is 3.99. The van der Waals surface area contributed by atoms with Crippen molar-refractivity contribution >= 4 is 17.5 Å². The highest BCUT2D eigenvalue weighted by Crippen LogP contribution is 2.48. The van der Waals surface area contributed by atoms with E-state index in [0.29, 0.717) is 17.7 Å². The number of fused-ring (bicyclic) bond motifs is 4. The summed E-state index contributed by atoms with van der Waals surface area (Å²) in [5, 5.41) is 0. The minimum Gasteiger partial charge on any atom is -0.490 e. The van der Waals surface area contributed by atoms with Gasteiger partial charge in [0, 0.05) is 23.1 Å². The van der Waals surface area contributed by atoms with Crippen molar-refractivity contribution in [3.05, 3.63) is 93.5 Å². The number of amides is 2. The van der Waals surface area contributed by atoms with E-state index in [1.54, 1.807) is 6.07 Å². The fraction of sp³-hybridized carbons (Fsp3) is 0.344. The van der Waals surface area contributed by atoms with Gasteiger partial charge in [0.1, 0.15) is 5.60 Å². The van der Waals surface area contributed by atoms with Crippen LogP contribution in [-0.2, 0) is 19.4 Å². The van der Waals surface area contributed by atoms with Crippen molar-refractivity contribution in [1.29, 1.82) is 0 Å². The molecule has 3 aromatic carbocycles. The summed E-state index contributed by atoms with van der Waals surface area (Å²) in [6.07, 6.45) is 1.51. The molecule has 3 heterocycles.